The second-order valence-electron chi connectivity index (χ2n) is 7.07. The van der Waals surface area contributed by atoms with Gasteiger partial charge in [0.05, 0.1) is 24.4 Å². The van der Waals surface area contributed by atoms with Crippen molar-refractivity contribution in [2.24, 2.45) is 5.92 Å². The highest BCUT2D eigenvalue weighted by Gasteiger charge is 2.37. The maximum absolute atomic E-state index is 12.3. The fraction of sp³-hybridized carbons (Fsp3) is 0.556. The number of H-pyrrole nitrogens is 1. The van der Waals surface area contributed by atoms with Gasteiger partial charge in [0, 0.05) is 24.6 Å². The maximum Gasteiger partial charge on any atom is 0.290 e. The number of carbonyl (C=O) groups excluding carboxylic acids is 2. The number of nitrogens with one attached hydrogen (secondary N) is 3. The molecule has 2 aromatic heterocycles. The van der Waals surface area contributed by atoms with Crippen molar-refractivity contribution in [2.75, 3.05) is 0 Å². The Balaban J connectivity index is 0.00000101. The van der Waals surface area contributed by atoms with Gasteiger partial charge in [0.25, 0.3) is 6.47 Å². The van der Waals surface area contributed by atoms with Crippen LogP contribution in [0, 0.1) is 19.8 Å². The summed E-state index contributed by atoms with van der Waals surface area (Å²) in [5.74, 6) is -0.0979. The van der Waals surface area contributed by atoms with Crippen molar-refractivity contribution >= 4 is 18.3 Å². The van der Waals surface area contributed by atoms with Crippen molar-refractivity contribution in [3.63, 3.8) is 0 Å². The maximum atomic E-state index is 12.3. The van der Waals surface area contributed by atoms with Gasteiger partial charge in [0.1, 0.15) is 12.2 Å². The Morgan fingerprint density at radius 1 is 1.37 bits per heavy atom. The number of hydrogen-bond donors (Lipinski definition) is 5. The van der Waals surface area contributed by atoms with Gasteiger partial charge >= 0.3 is 0 Å². The number of aliphatic hydroxyl groups excluding tert-OH is 1. The summed E-state index contributed by atoms with van der Waals surface area (Å²) in [6.07, 6.45) is 1.65. The van der Waals surface area contributed by atoms with E-state index in [1.165, 1.54) is 6.33 Å². The van der Waals surface area contributed by atoms with Crippen LogP contribution < -0.4 is 10.6 Å². The normalized spacial score (nSPS) is 20.2. The molecule has 5 N–H and O–H groups in total. The zero-order valence-corrected chi connectivity index (χ0v) is 16.9. The number of hydrogen-bond acceptors (Lipinski definition) is 7. The minimum Gasteiger partial charge on any atom is -0.483 e. The van der Waals surface area contributed by atoms with Gasteiger partial charge < -0.3 is 20.8 Å². The fourth-order valence-electron chi connectivity index (χ4n) is 3.40. The number of nitrogens with zero attached hydrogens (tertiary/aromatic N) is 4. The molecule has 1 aliphatic rings. The lowest BCUT2D eigenvalue weighted by Gasteiger charge is -2.16. The first-order valence-electron chi connectivity index (χ1n) is 9.52. The number of aryl methyl sites for hydroxylation is 3. The molecule has 0 unspecified atom stereocenters. The summed E-state index contributed by atoms with van der Waals surface area (Å²) in [5.41, 5.74) is 1.92. The highest BCUT2D eigenvalue weighted by atomic mass is 16.3. The van der Waals surface area contributed by atoms with Gasteiger partial charge in [-0.1, -0.05) is 0 Å². The summed E-state index contributed by atoms with van der Waals surface area (Å²) < 4.78 is 1.79. The van der Waals surface area contributed by atoms with E-state index in [2.05, 4.69) is 30.9 Å². The molecular formula is C18H27N7O5. The predicted molar refractivity (Wildman–Crippen MR) is 104 cm³/mol. The zero-order chi connectivity index (χ0) is 22.1. The first-order valence-corrected chi connectivity index (χ1v) is 9.52. The van der Waals surface area contributed by atoms with Crippen LogP contribution in [0.25, 0.3) is 0 Å². The van der Waals surface area contributed by atoms with Gasteiger partial charge in [-0.05, 0) is 32.8 Å². The first kappa shape index (κ1) is 23.0. The molecule has 12 heteroatoms. The molecule has 0 aliphatic heterocycles. The molecule has 0 bridgehead atoms. The monoisotopic (exact) mass is 421 g/mol. The van der Waals surface area contributed by atoms with Gasteiger partial charge in [-0.3, -0.25) is 24.2 Å². The molecule has 1 saturated carbocycles. The lowest BCUT2D eigenvalue weighted by Crippen LogP contribution is -2.40. The molecule has 30 heavy (non-hydrogen) atoms. The number of aliphatic hydroxyl groups is 1. The number of carboxylic acid groups (broad SMARTS) is 1. The second kappa shape index (κ2) is 11.0. The molecule has 2 amide bonds. The molecule has 3 atom stereocenters. The molecule has 3 rings (SSSR count). The third kappa shape index (κ3) is 6.65. The third-order valence-corrected chi connectivity index (χ3v) is 4.80. The summed E-state index contributed by atoms with van der Waals surface area (Å²) in [6, 6.07) is 1.54. The van der Waals surface area contributed by atoms with Crippen LogP contribution in [-0.4, -0.2) is 65.6 Å². The SMILES string of the molecule is Cc1cc(C)n(CCC(=O)N[C@@H]2C[C@H](C(=O)NCc3ncn[nH]3)C[C@H]2O)n1.O=CO. The Kier molecular flexibility index (Phi) is 8.47. The quantitative estimate of drug-likeness (QED) is 0.364. The zero-order valence-electron chi connectivity index (χ0n) is 16.9. The van der Waals surface area contributed by atoms with Gasteiger partial charge in [-0.2, -0.15) is 10.2 Å². The molecule has 0 aromatic carbocycles. The van der Waals surface area contributed by atoms with Crippen LogP contribution in [0.15, 0.2) is 12.4 Å². The van der Waals surface area contributed by atoms with Crippen molar-refractivity contribution in [1.82, 2.24) is 35.6 Å². The summed E-state index contributed by atoms with van der Waals surface area (Å²) in [4.78, 5) is 36.8. The van der Waals surface area contributed by atoms with Crippen LogP contribution >= 0.6 is 0 Å². The molecule has 0 saturated heterocycles. The molecule has 0 radical (unpaired) electrons. The Morgan fingerprint density at radius 3 is 2.70 bits per heavy atom. The van der Waals surface area contributed by atoms with Crippen LogP contribution in [0.2, 0.25) is 0 Å². The Bertz CT molecular complexity index is 836. The van der Waals surface area contributed by atoms with Crippen LogP contribution in [0.5, 0.6) is 0 Å². The van der Waals surface area contributed by atoms with Gasteiger partial charge in [-0.15, -0.1) is 0 Å². The highest BCUT2D eigenvalue weighted by Crippen LogP contribution is 2.26. The number of carbonyl (C=O) groups is 3. The molecule has 1 fully saturated rings. The number of aromatic nitrogens is 5. The fourth-order valence-corrected chi connectivity index (χ4v) is 3.40. The molecule has 2 aromatic rings. The Labute approximate surface area is 173 Å². The summed E-state index contributed by atoms with van der Waals surface area (Å²) in [5, 5.41) is 33.4. The van der Waals surface area contributed by atoms with Crippen molar-refractivity contribution in [1.29, 1.82) is 0 Å². The highest BCUT2D eigenvalue weighted by molar-refractivity contribution is 5.80. The van der Waals surface area contributed by atoms with E-state index in [-0.39, 0.29) is 37.2 Å². The van der Waals surface area contributed by atoms with E-state index >= 15 is 0 Å². The topological polar surface area (TPSA) is 175 Å². The molecular weight excluding hydrogens is 394 g/mol. The molecule has 12 nitrogen and oxygen atoms in total. The molecule has 2 heterocycles. The lowest BCUT2D eigenvalue weighted by atomic mass is 10.1. The van der Waals surface area contributed by atoms with Crippen LogP contribution in [0.3, 0.4) is 0 Å². The van der Waals surface area contributed by atoms with Crippen molar-refractivity contribution in [3.05, 3.63) is 29.6 Å². The number of aromatic amines is 1. The Morgan fingerprint density at radius 2 is 2.10 bits per heavy atom. The van der Waals surface area contributed by atoms with E-state index in [0.29, 0.717) is 25.2 Å². The minimum absolute atomic E-state index is 0.158. The van der Waals surface area contributed by atoms with Crippen LogP contribution in [-0.2, 0) is 27.5 Å². The first-order chi connectivity index (χ1) is 14.3. The van der Waals surface area contributed by atoms with E-state index in [1.807, 2.05) is 19.9 Å². The predicted octanol–water partition coefficient (Wildman–Crippen LogP) is -0.719. The number of amides is 2. The molecule has 1 aliphatic carbocycles. The second-order valence-corrected chi connectivity index (χ2v) is 7.07. The summed E-state index contributed by atoms with van der Waals surface area (Å²) in [6.45, 7) is 4.34. The standard InChI is InChI=1S/C17H25N7O3.CH2O2/c1-10-5-11(2)24(23-10)4-3-16(26)21-13-6-12(7-14(13)25)17(27)18-8-15-19-9-20-22-15;2-1-3/h5,9,12-14,25H,3-4,6-8H2,1-2H3,(H,18,27)(H,21,26)(H,19,20,22);1H,(H,2,3)/t12-,13+,14+;/m0./s1. The third-order valence-electron chi connectivity index (χ3n) is 4.80. The van der Waals surface area contributed by atoms with Gasteiger partial charge in [-0.25, -0.2) is 4.98 Å². The summed E-state index contributed by atoms with van der Waals surface area (Å²) >= 11 is 0. The average Bonchev–Trinajstić information content (AvgIpc) is 3.40. The largest absolute Gasteiger partial charge is 0.483 e. The van der Waals surface area contributed by atoms with E-state index in [0.717, 1.165) is 11.4 Å². The average molecular weight is 421 g/mol. The van der Waals surface area contributed by atoms with Gasteiger partial charge in [0.15, 0.2) is 0 Å². The number of rotatable bonds is 7. The minimum atomic E-state index is -0.733. The van der Waals surface area contributed by atoms with Crippen LogP contribution in [0.4, 0.5) is 0 Å². The van der Waals surface area contributed by atoms with Crippen molar-refractivity contribution < 1.29 is 24.6 Å². The van der Waals surface area contributed by atoms with Crippen LogP contribution in [0.1, 0.15) is 36.5 Å². The van der Waals surface area contributed by atoms with Crippen molar-refractivity contribution in [3.8, 4) is 0 Å². The van der Waals surface area contributed by atoms with E-state index < -0.39 is 12.1 Å². The summed E-state index contributed by atoms with van der Waals surface area (Å²) in [7, 11) is 0. The molecule has 0 spiro atoms. The van der Waals surface area contributed by atoms with E-state index in [1.54, 1.807) is 4.68 Å². The van der Waals surface area contributed by atoms with Crippen molar-refractivity contribution in [2.45, 2.75) is 58.3 Å². The molecule has 164 valence electrons. The smallest absolute Gasteiger partial charge is 0.290 e. The lowest BCUT2D eigenvalue weighted by molar-refractivity contribution is -0.125. The van der Waals surface area contributed by atoms with Gasteiger partial charge in [0.2, 0.25) is 11.8 Å². The van der Waals surface area contributed by atoms with E-state index in [4.69, 9.17) is 9.90 Å². The van der Waals surface area contributed by atoms with E-state index in [9.17, 15) is 14.7 Å². The Hall–Kier alpha value is -3.28.